The Morgan fingerprint density at radius 2 is 1.37 bits per heavy atom. The van der Waals surface area contributed by atoms with Crippen LogP contribution in [0.2, 0.25) is 0 Å². The number of hydrogen-bond acceptors (Lipinski definition) is 6. The molecular weight excluding hydrogens is 252 g/mol. The number of methoxy groups -OCH3 is 1. The second-order valence-corrected chi connectivity index (χ2v) is 5.26. The Balaban J connectivity index is 4.30. The lowest BCUT2D eigenvalue weighted by Gasteiger charge is -2.26. The highest BCUT2D eigenvalue weighted by Crippen LogP contribution is 2.10. The zero-order chi connectivity index (χ0) is 14.9. The second kappa shape index (κ2) is 8.37. The fourth-order valence-corrected chi connectivity index (χ4v) is 0.992. The molecular formula is C13H24O6. The summed E-state index contributed by atoms with van der Waals surface area (Å²) in [5.41, 5.74) is -1.76. The van der Waals surface area contributed by atoms with Crippen molar-refractivity contribution in [1.82, 2.24) is 0 Å². The molecule has 0 aromatic rings. The quantitative estimate of drug-likeness (QED) is 0.413. The Labute approximate surface area is 114 Å². The van der Waals surface area contributed by atoms with Gasteiger partial charge >= 0.3 is 0 Å². The first kappa shape index (κ1) is 18.2. The van der Waals surface area contributed by atoms with Gasteiger partial charge in [0.15, 0.2) is 12.6 Å². The fraction of sp³-hybridized carbons (Fsp3) is 0.846. The predicted octanol–water partition coefficient (Wildman–Crippen LogP) is 0.964. The topological polar surface area (TPSA) is 71.1 Å². The second-order valence-electron chi connectivity index (χ2n) is 5.26. The Morgan fingerprint density at radius 3 is 1.68 bits per heavy atom. The van der Waals surface area contributed by atoms with E-state index in [0.29, 0.717) is 0 Å². The Bertz CT molecular complexity index is 250. The van der Waals surface area contributed by atoms with Gasteiger partial charge in [-0.1, -0.05) is 0 Å². The van der Waals surface area contributed by atoms with Crippen LogP contribution in [0.15, 0.2) is 0 Å². The molecule has 112 valence electrons. The summed E-state index contributed by atoms with van der Waals surface area (Å²) < 4.78 is 21.0. The molecule has 0 unspecified atom stereocenters. The molecule has 0 aromatic heterocycles. The SMILES string of the molecule is COCOC(COC(C)(C)C=O)COC(C)(C)C=O. The Hall–Kier alpha value is -0.820. The number of ether oxygens (including phenoxy) is 4. The van der Waals surface area contributed by atoms with E-state index < -0.39 is 17.3 Å². The van der Waals surface area contributed by atoms with Gasteiger partial charge in [-0.05, 0) is 27.7 Å². The van der Waals surface area contributed by atoms with Crippen molar-refractivity contribution in [3.63, 3.8) is 0 Å². The minimum absolute atomic E-state index is 0.0838. The molecule has 6 nitrogen and oxygen atoms in total. The molecule has 6 heteroatoms. The lowest BCUT2D eigenvalue weighted by molar-refractivity contribution is -0.162. The number of rotatable bonds is 11. The van der Waals surface area contributed by atoms with Crippen molar-refractivity contribution >= 4 is 12.6 Å². The molecule has 0 bridgehead atoms. The summed E-state index contributed by atoms with van der Waals surface area (Å²) in [6.45, 7) is 7.05. The number of aldehydes is 2. The van der Waals surface area contributed by atoms with Crippen LogP contribution in [-0.4, -0.2) is 57.0 Å². The van der Waals surface area contributed by atoms with Gasteiger partial charge in [-0.3, -0.25) is 0 Å². The van der Waals surface area contributed by atoms with Crippen molar-refractivity contribution in [3.8, 4) is 0 Å². The molecule has 0 N–H and O–H groups in total. The minimum atomic E-state index is -0.880. The molecule has 0 amide bonds. The summed E-state index contributed by atoms with van der Waals surface area (Å²) in [4.78, 5) is 21.5. The van der Waals surface area contributed by atoms with Crippen LogP contribution >= 0.6 is 0 Å². The van der Waals surface area contributed by atoms with Crippen LogP contribution in [0.4, 0.5) is 0 Å². The summed E-state index contributed by atoms with van der Waals surface area (Å²) in [6.07, 6.45) is 1.02. The lowest BCUT2D eigenvalue weighted by Crippen LogP contribution is -2.37. The zero-order valence-electron chi connectivity index (χ0n) is 12.3. The zero-order valence-corrected chi connectivity index (χ0v) is 12.3. The van der Waals surface area contributed by atoms with E-state index in [4.69, 9.17) is 18.9 Å². The van der Waals surface area contributed by atoms with Crippen molar-refractivity contribution in [1.29, 1.82) is 0 Å². The van der Waals surface area contributed by atoms with Gasteiger partial charge in [0.2, 0.25) is 0 Å². The fourth-order valence-electron chi connectivity index (χ4n) is 0.992. The average molecular weight is 276 g/mol. The van der Waals surface area contributed by atoms with Gasteiger partial charge in [-0.15, -0.1) is 0 Å². The molecule has 0 radical (unpaired) electrons. The van der Waals surface area contributed by atoms with Gasteiger partial charge in [-0.25, -0.2) is 0 Å². The monoisotopic (exact) mass is 276 g/mol. The standard InChI is InChI=1S/C13H24O6/c1-12(2,8-14)18-6-11(17-10-16-5)7-19-13(3,4)9-15/h8-9,11H,6-7,10H2,1-5H3. The van der Waals surface area contributed by atoms with Crippen molar-refractivity contribution in [2.24, 2.45) is 0 Å². The van der Waals surface area contributed by atoms with E-state index in [1.54, 1.807) is 27.7 Å². The maximum atomic E-state index is 10.7. The average Bonchev–Trinajstić information content (AvgIpc) is 2.38. The molecule has 0 rings (SSSR count). The number of carbonyl (C=O) groups excluding carboxylic acids is 2. The smallest absolute Gasteiger partial charge is 0.151 e. The highest BCUT2D eigenvalue weighted by atomic mass is 16.7. The summed E-state index contributed by atoms with van der Waals surface area (Å²) in [5.74, 6) is 0. The van der Waals surface area contributed by atoms with Crippen LogP contribution in [0.5, 0.6) is 0 Å². The lowest BCUT2D eigenvalue weighted by atomic mass is 10.1. The first-order valence-corrected chi connectivity index (χ1v) is 6.07. The molecule has 0 atom stereocenters. The van der Waals surface area contributed by atoms with Crippen LogP contribution in [0, 0.1) is 0 Å². The molecule has 0 saturated heterocycles. The van der Waals surface area contributed by atoms with Crippen LogP contribution in [0.1, 0.15) is 27.7 Å². The van der Waals surface area contributed by atoms with Gasteiger partial charge in [0.05, 0.1) is 13.2 Å². The van der Waals surface area contributed by atoms with Crippen LogP contribution in [0.25, 0.3) is 0 Å². The van der Waals surface area contributed by atoms with E-state index in [2.05, 4.69) is 0 Å². The third-order valence-corrected chi connectivity index (χ3v) is 2.27. The first-order valence-electron chi connectivity index (χ1n) is 6.07. The van der Waals surface area contributed by atoms with E-state index in [-0.39, 0.29) is 20.0 Å². The number of hydrogen-bond donors (Lipinski definition) is 0. The molecule has 0 aliphatic rings. The van der Waals surface area contributed by atoms with Gasteiger partial charge < -0.3 is 28.5 Å². The summed E-state index contributed by atoms with van der Waals surface area (Å²) in [7, 11) is 1.50. The minimum Gasteiger partial charge on any atom is -0.365 e. The Kier molecular flexibility index (Phi) is 8.01. The van der Waals surface area contributed by atoms with Crippen molar-refractivity contribution < 1.29 is 28.5 Å². The van der Waals surface area contributed by atoms with Crippen LogP contribution in [0.3, 0.4) is 0 Å². The van der Waals surface area contributed by atoms with E-state index in [1.165, 1.54) is 7.11 Å². The molecule has 0 saturated carbocycles. The van der Waals surface area contributed by atoms with E-state index in [0.717, 1.165) is 12.6 Å². The summed E-state index contributed by atoms with van der Waals surface area (Å²) >= 11 is 0. The third-order valence-electron chi connectivity index (χ3n) is 2.27. The predicted molar refractivity (Wildman–Crippen MR) is 68.9 cm³/mol. The first-order chi connectivity index (χ1) is 8.76. The summed E-state index contributed by atoms with van der Waals surface area (Å²) in [5, 5.41) is 0. The molecule has 0 heterocycles. The van der Waals surface area contributed by atoms with E-state index in [9.17, 15) is 9.59 Å². The molecule has 0 aliphatic heterocycles. The van der Waals surface area contributed by atoms with E-state index in [1.807, 2.05) is 0 Å². The van der Waals surface area contributed by atoms with Crippen LogP contribution in [-0.2, 0) is 28.5 Å². The molecule has 0 fully saturated rings. The van der Waals surface area contributed by atoms with Crippen molar-refractivity contribution in [3.05, 3.63) is 0 Å². The maximum absolute atomic E-state index is 10.7. The normalized spacial score (nSPS) is 12.7. The largest absolute Gasteiger partial charge is 0.365 e. The highest BCUT2D eigenvalue weighted by Gasteiger charge is 2.23. The maximum Gasteiger partial charge on any atom is 0.151 e. The molecule has 0 spiro atoms. The van der Waals surface area contributed by atoms with E-state index >= 15 is 0 Å². The summed E-state index contributed by atoms with van der Waals surface area (Å²) in [6, 6.07) is 0. The van der Waals surface area contributed by atoms with Gasteiger partial charge in [0.25, 0.3) is 0 Å². The van der Waals surface area contributed by atoms with Gasteiger partial charge in [0.1, 0.15) is 24.1 Å². The number of carbonyl (C=O) groups is 2. The molecule has 19 heavy (non-hydrogen) atoms. The highest BCUT2D eigenvalue weighted by molar-refractivity contribution is 5.61. The van der Waals surface area contributed by atoms with Gasteiger partial charge in [-0.2, -0.15) is 0 Å². The van der Waals surface area contributed by atoms with Gasteiger partial charge in [0, 0.05) is 7.11 Å². The van der Waals surface area contributed by atoms with Crippen molar-refractivity contribution in [2.45, 2.75) is 45.0 Å². The Morgan fingerprint density at radius 1 is 0.947 bits per heavy atom. The van der Waals surface area contributed by atoms with Crippen molar-refractivity contribution in [2.75, 3.05) is 27.1 Å². The molecule has 0 aliphatic carbocycles. The van der Waals surface area contributed by atoms with Crippen LogP contribution < -0.4 is 0 Å². The third kappa shape index (κ3) is 8.83. The molecule has 0 aromatic carbocycles.